The first-order valence-electron chi connectivity index (χ1n) is 4.94. The zero-order valence-corrected chi connectivity index (χ0v) is 10.0. The first-order valence-corrected chi connectivity index (χ1v) is 5.61. The smallest absolute Gasteiger partial charge is 0.0764 e. The van der Waals surface area contributed by atoms with Crippen molar-refractivity contribution in [3.8, 4) is 0 Å². The molecule has 0 aromatic carbocycles. The molecule has 0 N–H and O–H groups in total. The third-order valence-corrected chi connectivity index (χ3v) is 3.22. The van der Waals surface area contributed by atoms with E-state index in [2.05, 4.69) is 46.7 Å². The highest BCUT2D eigenvalue weighted by molar-refractivity contribution is 7.17. The molecule has 1 atom stereocenters. The second-order valence-electron chi connectivity index (χ2n) is 2.86. The van der Waals surface area contributed by atoms with Crippen LogP contribution in [0, 0.1) is 0 Å². The van der Waals surface area contributed by atoms with Gasteiger partial charge in [0.25, 0.3) is 0 Å². The van der Waals surface area contributed by atoms with E-state index in [0.29, 0.717) is 5.91 Å². The average Bonchev–Trinajstić information content (AvgIpc) is 2.09. The highest BCUT2D eigenvalue weighted by Gasteiger charge is 2.15. The lowest BCUT2D eigenvalue weighted by Gasteiger charge is -2.34. The molecule has 0 spiro atoms. The van der Waals surface area contributed by atoms with Gasteiger partial charge in [-0.05, 0) is 26.2 Å². The summed E-state index contributed by atoms with van der Waals surface area (Å²) >= 11 is 0. The molecule has 0 aliphatic rings. The Morgan fingerprint density at radius 1 is 0.833 bits per heavy atom. The Hall–Kier alpha value is 0.350. The van der Waals surface area contributed by atoms with Crippen LogP contribution in [0.2, 0.25) is 0 Å². The molecule has 0 amide bonds. The molecule has 0 aliphatic carbocycles. The molecule has 0 saturated heterocycles. The van der Waals surface area contributed by atoms with Gasteiger partial charge in [0.15, 0.2) is 0 Å². The van der Waals surface area contributed by atoms with E-state index < -0.39 is 0 Å². The van der Waals surface area contributed by atoms with Crippen LogP contribution in [-0.2, 0) is 0 Å². The summed E-state index contributed by atoms with van der Waals surface area (Å²) in [5.41, 5.74) is 0. The fourth-order valence-corrected chi connectivity index (χ4v) is 2.27. The molecule has 3 heteroatoms. The van der Waals surface area contributed by atoms with E-state index in [1.165, 1.54) is 0 Å². The SMILES string of the molecule is CCN(CC)C(P)N(CC)CC. The van der Waals surface area contributed by atoms with Crippen LogP contribution in [0.1, 0.15) is 27.7 Å². The maximum absolute atomic E-state index is 2.92. The van der Waals surface area contributed by atoms with Crippen LogP contribution < -0.4 is 0 Å². The van der Waals surface area contributed by atoms with Gasteiger partial charge in [0.2, 0.25) is 0 Å². The molecular weight excluding hydrogens is 167 g/mol. The zero-order valence-electron chi connectivity index (χ0n) is 8.88. The van der Waals surface area contributed by atoms with Crippen molar-refractivity contribution in [3.05, 3.63) is 0 Å². The molecule has 12 heavy (non-hydrogen) atoms. The van der Waals surface area contributed by atoms with Crippen molar-refractivity contribution in [2.24, 2.45) is 0 Å². The van der Waals surface area contributed by atoms with Crippen molar-refractivity contribution in [2.45, 2.75) is 33.6 Å². The van der Waals surface area contributed by atoms with Gasteiger partial charge >= 0.3 is 0 Å². The normalized spacial score (nSPS) is 12.0. The maximum atomic E-state index is 2.92. The van der Waals surface area contributed by atoms with Crippen LogP contribution in [0.25, 0.3) is 0 Å². The molecule has 0 aromatic heterocycles. The Balaban J connectivity index is 4.02. The molecule has 0 bridgehead atoms. The van der Waals surface area contributed by atoms with Gasteiger partial charge in [-0.25, -0.2) is 0 Å². The number of hydrogen-bond donors (Lipinski definition) is 0. The molecule has 0 radical (unpaired) electrons. The molecule has 2 nitrogen and oxygen atoms in total. The number of hydrogen-bond acceptors (Lipinski definition) is 2. The van der Waals surface area contributed by atoms with Gasteiger partial charge in [-0.15, -0.1) is 9.24 Å². The highest BCUT2D eigenvalue weighted by atomic mass is 31.0. The molecule has 0 aliphatic heterocycles. The predicted molar refractivity (Wildman–Crippen MR) is 59.3 cm³/mol. The molecular formula is C9H23N2P. The first kappa shape index (κ1) is 12.3. The van der Waals surface area contributed by atoms with Crippen molar-refractivity contribution >= 4 is 9.24 Å². The van der Waals surface area contributed by atoms with E-state index in [1.54, 1.807) is 0 Å². The highest BCUT2D eigenvalue weighted by Crippen LogP contribution is 2.12. The summed E-state index contributed by atoms with van der Waals surface area (Å²) in [7, 11) is 2.92. The summed E-state index contributed by atoms with van der Waals surface area (Å²) in [6.45, 7) is 13.4. The summed E-state index contributed by atoms with van der Waals surface area (Å²) in [5.74, 6) is 0.509. The second kappa shape index (κ2) is 6.82. The quantitative estimate of drug-likeness (QED) is 0.465. The molecule has 0 heterocycles. The van der Waals surface area contributed by atoms with Crippen LogP contribution >= 0.6 is 9.24 Å². The van der Waals surface area contributed by atoms with E-state index >= 15 is 0 Å². The summed E-state index contributed by atoms with van der Waals surface area (Å²) in [6, 6.07) is 0. The Bertz CT molecular complexity index is 88.7. The van der Waals surface area contributed by atoms with Crippen molar-refractivity contribution < 1.29 is 0 Å². The fourth-order valence-electron chi connectivity index (χ4n) is 1.43. The minimum atomic E-state index is 0.509. The van der Waals surface area contributed by atoms with E-state index in [-0.39, 0.29) is 0 Å². The largest absolute Gasteiger partial charge is 0.285 e. The lowest BCUT2D eigenvalue weighted by Crippen LogP contribution is -2.44. The van der Waals surface area contributed by atoms with E-state index in [9.17, 15) is 0 Å². The molecule has 0 aromatic rings. The number of rotatable bonds is 6. The summed E-state index contributed by atoms with van der Waals surface area (Å²) in [6.07, 6.45) is 0. The molecule has 0 saturated carbocycles. The van der Waals surface area contributed by atoms with Crippen molar-refractivity contribution in [3.63, 3.8) is 0 Å². The van der Waals surface area contributed by atoms with Crippen molar-refractivity contribution in [1.82, 2.24) is 9.80 Å². The Morgan fingerprint density at radius 3 is 1.25 bits per heavy atom. The number of nitrogens with zero attached hydrogens (tertiary/aromatic N) is 2. The van der Waals surface area contributed by atoms with Gasteiger partial charge in [-0.1, -0.05) is 27.7 Å². The van der Waals surface area contributed by atoms with Gasteiger partial charge in [0.05, 0.1) is 5.91 Å². The van der Waals surface area contributed by atoms with E-state index in [0.717, 1.165) is 26.2 Å². The minimum Gasteiger partial charge on any atom is -0.285 e. The molecule has 74 valence electrons. The Morgan fingerprint density at radius 2 is 1.08 bits per heavy atom. The summed E-state index contributed by atoms with van der Waals surface area (Å²) in [5, 5.41) is 0. The standard InChI is InChI=1S/C9H23N2P/c1-5-10(6-2)9(12)11(7-3)8-4/h9H,5-8,12H2,1-4H3. The average molecular weight is 190 g/mol. The van der Waals surface area contributed by atoms with Crippen LogP contribution in [0.15, 0.2) is 0 Å². The second-order valence-corrected chi connectivity index (χ2v) is 3.45. The van der Waals surface area contributed by atoms with Gasteiger partial charge in [0.1, 0.15) is 0 Å². The Kier molecular flexibility index (Phi) is 7.02. The first-order chi connectivity index (χ1) is 5.71. The van der Waals surface area contributed by atoms with Gasteiger partial charge < -0.3 is 0 Å². The summed E-state index contributed by atoms with van der Waals surface area (Å²) in [4.78, 5) is 4.88. The predicted octanol–water partition coefficient (Wildman–Crippen LogP) is 1.83. The van der Waals surface area contributed by atoms with Crippen LogP contribution in [0.4, 0.5) is 0 Å². The third-order valence-electron chi connectivity index (χ3n) is 2.37. The van der Waals surface area contributed by atoms with Gasteiger partial charge in [0, 0.05) is 0 Å². The topological polar surface area (TPSA) is 6.48 Å². The maximum Gasteiger partial charge on any atom is 0.0764 e. The van der Waals surface area contributed by atoms with E-state index in [1.807, 2.05) is 0 Å². The van der Waals surface area contributed by atoms with Crippen LogP contribution in [-0.4, -0.2) is 41.9 Å². The van der Waals surface area contributed by atoms with Crippen LogP contribution in [0.5, 0.6) is 0 Å². The molecule has 0 fully saturated rings. The summed E-state index contributed by atoms with van der Waals surface area (Å²) < 4.78 is 0. The lowest BCUT2D eigenvalue weighted by atomic mass is 10.5. The lowest BCUT2D eigenvalue weighted by molar-refractivity contribution is 0.123. The fraction of sp³-hybridized carbons (Fsp3) is 1.00. The van der Waals surface area contributed by atoms with E-state index in [4.69, 9.17) is 0 Å². The van der Waals surface area contributed by atoms with Gasteiger partial charge in [-0.2, -0.15) is 0 Å². The molecule has 0 rings (SSSR count). The zero-order chi connectivity index (χ0) is 9.56. The van der Waals surface area contributed by atoms with Gasteiger partial charge in [-0.3, -0.25) is 9.80 Å². The molecule has 1 unspecified atom stereocenters. The minimum absolute atomic E-state index is 0.509. The van der Waals surface area contributed by atoms with Crippen molar-refractivity contribution in [1.29, 1.82) is 0 Å². The van der Waals surface area contributed by atoms with Crippen molar-refractivity contribution in [2.75, 3.05) is 26.2 Å². The van der Waals surface area contributed by atoms with Crippen LogP contribution in [0.3, 0.4) is 0 Å². The third kappa shape index (κ3) is 3.38. The monoisotopic (exact) mass is 190 g/mol. The Labute approximate surface area is 79.5 Å².